The van der Waals surface area contributed by atoms with E-state index in [-0.39, 0.29) is 17.8 Å². The Morgan fingerprint density at radius 3 is 2.52 bits per heavy atom. The second-order valence-electron chi connectivity index (χ2n) is 5.50. The summed E-state index contributed by atoms with van der Waals surface area (Å²) in [4.78, 5) is 13.6. The van der Waals surface area contributed by atoms with E-state index in [2.05, 4.69) is 5.32 Å². The van der Waals surface area contributed by atoms with Crippen molar-refractivity contribution in [2.75, 3.05) is 26.5 Å². The first-order valence-electron chi connectivity index (χ1n) is 7.34. The number of ether oxygens (including phenoxy) is 1. The van der Waals surface area contributed by atoms with Gasteiger partial charge in [-0.3, -0.25) is 4.79 Å². The van der Waals surface area contributed by atoms with Gasteiger partial charge in [0, 0.05) is 25.2 Å². The SMILES string of the molecule is COc1ccc(C(=O)N(C)C)cc1N[C@@H](C)c1ccccc1F. The lowest BCUT2D eigenvalue weighted by Crippen LogP contribution is -2.21. The maximum atomic E-state index is 13.9. The topological polar surface area (TPSA) is 41.6 Å². The molecule has 5 heteroatoms. The summed E-state index contributed by atoms with van der Waals surface area (Å²) in [6, 6.07) is 11.5. The largest absolute Gasteiger partial charge is 0.495 e. The number of hydrogen-bond donors (Lipinski definition) is 1. The Morgan fingerprint density at radius 1 is 1.22 bits per heavy atom. The van der Waals surface area contributed by atoms with Gasteiger partial charge >= 0.3 is 0 Å². The standard InChI is InChI=1S/C18H21FN2O2/c1-12(14-7-5-6-8-15(14)19)20-16-11-13(18(22)21(2)3)9-10-17(16)23-4/h5-12,20H,1-4H3/t12-/m0/s1. The maximum absolute atomic E-state index is 13.9. The molecule has 0 spiro atoms. The van der Waals surface area contributed by atoms with Crippen molar-refractivity contribution >= 4 is 11.6 Å². The molecule has 0 unspecified atom stereocenters. The number of anilines is 1. The Labute approximate surface area is 135 Å². The molecule has 0 bridgehead atoms. The van der Waals surface area contributed by atoms with Crippen LogP contribution in [-0.4, -0.2) is 32.0 Å². The first kappa shape index (κ1) is 16.8. The normalized spacial score (nSPS) is 11.7. The summed E-state index contributed by atoms with van der Waals surface area (Å²) in [5, 5.41) is 3.22. The van der Waals surface area contributed by atoms with Crippen molar-refractivity contribution in [2.24, 2.45) is 0 Å². The zero-order valence-corrected chi connectivity index (χ0v) is 13.8. The van der Waals surface area contributed by atoms with Crippen molar-refractivity contribution in [1.29, 1.82) is 0 Å². The molecule has 2 aromatic rings. The minimum Gasteiger partial charge on any atom is -0.495 e. The quantitative estimate of drug-likeness (QED) is 0.914. The fourth-order valence-electron chi connectivity index (χ4n) is 2.35. The molecule has 1 N–H and O–H groups in total. The Balaban J connectivity index is 2.32. The van der Waals surface area contributed by atoms with E-state index in [0.717, 1.165) is 0 Å². The summed E-state index contributed by atoms with van der Waals surface area (Å²) in [7, 11) is 4.95. The number of halogens is 1. The van der Waals surface area contributed by atoms with Crippen LogP contribution in [0.4, 0.5) is 10.1 Å². The number of nitrogens with zero attached hydrogens (tertiary/aromatic N) is 1. The van der Waals surface area contributed by atoms with Crippen molar-refractivity contribution < 1.29 is 13.9 Å². The molecule has 0 fully saturated rings. The third-order valence-electron chi connectivity index (χ3n) is 3.60. The van der Waals surface area contributed by atoms with Gasteiger partial charge in [0.15, 0.2) is 0 Å². The predicted molar refractivity (Wildman–Crippen MR) is 89.4 cm³/mol. The van der Waals surface area contributed by atoms with Gasteiger partial charge in [-0.25, -0.2) is 4.39 Å². The van der Waals surface area contributed by atoms with Gasteiger partial charge in [0.1, 0.15) is 11.6 Å². The monoisotopic (exact) mass is 316 g/mol. The summed E-state index contributed by atoms with van der Waals surface area (Å²) in [5.74, 6) is 0.227. The number of carbonyl (C=O) groups is 1. The third kappa shape index (κ3) is 3.80. The molecular weight excluding hydrogens is 295 g/mol. The van der Waals surface area contributed by atoms with E-state index in [1.54, 1.807) is 57.6 Å². The fourth-order valence-corrected chi connectivity index (χ4v) is 2.35. The smallest absolute Gasteiger partial charge is 0.253 e. The molecular formula is C18H21FN2O2. The predicted octanol–water partition coefficient (Wildman–Crippen LogP) is 3.71. The van der Waals surface area contributed by atoms with E-state index in [1.165, 1.54) is 11.0 Å². The second-order valence-corrected chi connectivity index (χ2v) is 5.50. The molecule has 0 aliphatic rings. The molecule has 0 aliphatic carbocycles. The molecule has 0 saturated heterocycles. The van der Waals surface area contributed by atoms with Crippen molar-refractivity contribution in [3.05, 3.63) is 59.4 Å². The molecule has 0 radical (unpaired) electrons. The number of benzene rings is 2. The van der Waals surface area contributed by atoms with Gasteiger partial charge in [-0.1, -0.05) is 18.2 Å². The number of methoxy groups -OCH3 is 1. The van der Waals surface area contributed by atoms with Crippen molar-refractivity contribution in [1.82, 2.24) is 4.90 Å². The van der Waals surface area contributed by atoms with Crippen LogP contribution < -0.4 is 10.1 Å². The maximum Gasteiger partial charge on any atom is 0.253 e. The fraction of sp³-hybridized carbons (Fsp3) is 0.278. The van der Waals surface area contributed by atoms with Gasteiger partial charge in [0.2, 0.25) is 0 Å². The number of amides is 1. The Morgan fingerprint density at radius 2 is 1.91 bits per heavy atom. The lowest BCUT2D eigenvalue weighted by molar-refractivity contribution is 0.0827. The Kier molecular flexibility index (Phi) is 5.21. The lowest BCUT2D eigenvalue weighted by Gasteiger charge is -2.20. The molecule has 1 amide bonds. The molecule has 1 atom stereocenters. The van der Waals surface area contributed by atoms with E-state index in [0.29, 0.717) is 22.6 Å². The van der Waals surface area contributed by atoms with Crippen LogP contribution in [0.5, 0.6) is 5.75 Å². The van der Waals surface area contributed by atoms with Crippen LogP contribution in [0, 0.1) is 5.82 Å². The van der Waals surface area contributed by atoms with Crippen LogP contribution >= 0.6 is 0 Å². The van der Waals surface area contributed by atoms with Gasteiger partial charge < -0.3 is 15.0 Å². The Bertz CT molecular complexity index is 701. The van der Waals surface area contributed by atoms with E-state index in [1.807, 2.05) is 6.92 Å². The second kappa shape index (κ2) is 7.13. The molecule has 4 nitrogen and oxygen atoms in total. The van der Waals surface area contributed by atoms with Crippen LogP contribution in [0.2, 0.25) is 0 Å². The highest BCUT2D eigenvalue weighted by atomic mass is 19.1. The van der Waals surface area contributed by atoms with Gasteiger partial charge in [-0.2, -0.15) is 0 Å². The minimum atomic E-state index is -0.271. The molecule has 122 valence electrons. The highest BCUT2D eigenvalue weighted by Crippen LogP contribution is 2.30. The summed E-state index contributed by atoms with van der Waals surface area (Å²) >= 11 is 0. The summed E-state index contributed by atoms with van der Waals surface area (Å²) < 4.78 is 19.2. The van der Waals surface area contributed by atoms with E-state index in [9.17, 15) is 9.18 Å². The minimum absolute atomic E-state index is 0.103. The van der Waals surface area contributed by atoms with Crippen molar-refractivity contribution in [3.8, 4) is 5.75 Å². The number of hydrogen-bond acceptors (Lipinski definition) is 3. The molecule has 23 heavy (non-hydrogen) atoms. The number of nitrogens with one attached hydrogen (secondary N) is 1. The number of carbonyl (C=O) groups excluding carboxylic acids is 1. The molecule has 0 aromatic heterocycles. The summed E-state index contributed by atoms with van der Waals surface area (Å²) in [6.45, 7) is 1.86. The molecule has 0 heterocycles. The van der Waals surface area contributed by atoms with Crippen LogP contribution in [0.3, 0.4) is 0 Å². The molecule has 2 aromatic carbocycles. The summed E-state index contributed by atoms with van der Waals surface area (Å²) in [5.41, 5.74) is 1.74. The number of rotatable bonds is 5. The Hall–Kier alpha value is -2.56. The van der Waals surface area contributed by atoms with Crippen LogP contribution in [-0.2, 0) is 0 Å². The molecule has 0 aliphatic heterocycles. The van der Waals surface area contributed by atoms with Gasteiger partial charge in [-0.15, -0.1) is 0 Å². The molecule has 2 rings (SSSR count). The van der Waals surface area contributed by atoms with Crippen LogP contribution in [0.25, 0.3) is 0 Å². The van der Waals surface area contributed by atoms with E-state index >= 15 is 0 Å². The molecule has 0 saturated carbocycles. The van der Waals surface area contributed by atoms with E-state index in [4.69, 9.17) is 4.74 Å². The first-order valence-corrected chi connectivity index (χ1v) is 7.34. The van der Waals surface area contributed by atoms with Gasteiger partial charge in [0.05, 0.1) is 18.8 Å². The van der Waals surface area contributed by atoms with Gasteiger partial charge in [-0.05, 0) is 31.2 Å². The van der Waals surface area contributed by atoms with Crippen LogP contribution in [0.1, 0.15) is 28.9 Å². The van der Waals surface area contributed by atoms with Crippen molar-refractivity contribution in [2.45, 2.75) is 13.0 Å². The zero-order valence-electron chi connectivity index (χ0n) is 13.8. The first-order chi connectivity index (χ1) is 10.9. The summed E-state index contributed by atoms with van der Waals surface area (Å²) in [6.07, 6.45) is 0. The van der Waals surface area contributed by atoms with Crippen molar-refractivity contribution in [3.63, 3.8) is 0 Å². The van der Waals surface area contributed by atoms with Crippen LogP contribution in [0.15, 0.2) is 42.5 Å². The highest BCUT2D eigenvalue weighted by Gasteiger charge is 2.15. The van der Waals surface area contributed by atoms with E-state index < -0.39 is 0 Å². The highest BCUT2D eigenvalue weighted by molar-refractivity contribution is 5.95. The lowest BCUT2D eigenvalue weighted by atomic mass is 10.1. The third-order valence-corrected chi connectivity index (χ3v) is 3.60. The van der Waals surface area contributed by atoms with Gasteiger partial charge in [0.25, 0.3) is 5.91 Å². The average molecular weight is 316 g/mol. The zero-order chi connectivity index (χ0) is 17.0. The average Bonchev–Trinajstić information content (AvgIpc) is 2.54.